The molecule has 1 fully saturated rings. The first-order valence-electron chi connectivity index (χ1n) is 7.02. The van der Waals surface area contributed by atoms with Crippen molar-refractivity contribution in [1.29, 1.82) is 0 Å². The van der Waals surface area contributed by atoms with E-state index in [9.17, 15) is 14.7 Å². The SMILES string of the molecule is O=C(O)[C@@H]1CCCN1C(=O)c1ccn(-c2ccc(Cl)c(Cl)c2)n1. The number of carboxylic acid groups (broad SMARTS) is 1. The maximum absolute atomic E-state index is 12.5. The first kappa shape index (κ1) is 15.8. The van der Waals surface area contributed by atoms with Crippen LogP contribution in [-0.4, -0.2) is 44.3 Å². The number of amides is 1. The van der Waals surface area contributed by atoms with Crippen LogP contribution in [0.15, 0.2) is 30.5 Å². The van der Waals surface area contributed by atoms with E-state index in [0.29, 0.717) is 35.1 Å². The average molecular weight is 354 g/mol. The Balaban J connectivity index is 1.85. The van der Waals surface area contributed by atoms with Crippen LogP contribution >= 0.6 is 23.2 Å². The average Bonchev–Trinajstić information content (AvgIpc) is 3.18. The molecule has 0 saturated carbocycles. The summed E-state index contributed by atoms with van der Waals surface area (Å²) >= 11 is 11.9. The molecular weight excluding hydrogens is 341 g/mol. The Morgan fingerprint density at radius 2 is 2.00 bits per heavy atom. The van der Waals surface area contributed by atoms with Gasteiger partial charge in [-0.25, -0.2) is 9.48 Å². The van der Waals surface area contributed by atoms with Crippen LogP contribution < -0.4 is 0 Å². The minimum atomic E-state index is -0.986. The predicted octanol–water partition coefficient (Wildman–Crippen LogP) is 2.87. The molecule has 23 heavy (non-hydrogen) atoms. The summed E-state index contributed by atoms with van der Waals surface area (Å²) in [5.41, 5.74) is 0.860. The summed E-state index contributed by atoms with van der Waals surface area (Å²) in [6, 6.07) is 5.79. The monoisotopic (exact) mass is 353 g/mol. The highest BCUT2D eigenvalue weighted by Gasteiger charge is 2.35. The molecule has 120 valence electrons. The van der Waals surface area contributed by atoms with E-state index in [2.05, 4.69) is 5.10 Å². The first-order chi connectivity index (χ1) is 11.0. The van der Waals surface area contributed by atoms with Crippen LogP contribution in [0.3, 0.4) is 0 Å². The van der Waals surface area contributed by atoms with Crippen molar-refractivity contribution in [3.8, 4) is 5.69 Å². The van der Waals surface area contributed by atoms with Crippen LogP contribution in [0.25, 0.3) is 5.69 Å². The Bertz CT molecular complexity index is 775. The highest BCUT2D eigenvalue weighted by molar-refractivity contribution is 6.42. The van der Waals surface area contributed by atoms with Gasteiger partial charge in [-0.15, -0.1) is 0 Å². The van der Waals surface area contributed by atoms with Crippen LogP contribution in [0.5, 0.6) is 0 Å². The number of hydrogen-bond donors (Lipinski definition) is 1. The fraction of sp³-hybridized carbons (Fsp3) is 0.267. The lowest BCUT2D eigenvalue weighted by atomic mass is 10.2. The molecule has 2 aromatic rings. The van der Waals surface area contributed by atoms with Gasteiger partial charge in [0.2, 0.25) is 0 Å². The van der Waals surface area contributed by atoms with E-state index in [1.807, 2.05) is 0 Å². The van der Waals surface area contributed by atoms with Gasteiger partial charge in [0.25, 0.3) is 5.91 Å². The zero-order chi connectivity index (χ0) is 16.6. The second kappa shape index (κ2) is 6.22. The fourth-order valence-electron chi connectivity index (χ4n) is 2.62. The molecule has 1 aliphatic rings. The molecule has 2 heterocycles. The Morgan fingerprint density at radius 1 is 1.22 bits per heavy atom. The zero-order valence-corrected chi connectivity index (χ0v) is 13.5. The van der Waals surface area contributed by atoms with Crippen LogP contribution in [0.1, 0.15) is 23.3 Å². The Kier molecular flexibility index (Phi) is 4.28. The van der Waals surface area contributed by atoms with Gasteiger partial charge in [-0.2, -0.15) is 5.10 Å². The summed E-state index contributed by atoms with van der Waals surface area (Å²) in [5, 5.41) is 14.2. The van der Waals surface area contributed by atoms with Crippen molar-refractivity contribution in [2.24, 2.45) is 0 Å². The molecule has 1 aromatic carbocycles. The molecule has 8 heteroatoms. The van der Waals surface area contributed by atoms with Crippen LogP contribution in [0.4, 0.5) is 0 Å². The fourth-order valence-corrected chi connectivity index (χ4v) is 2.92. The van der Waals surface area contributed by atoms with Gasteiger partial charge < -0.3 is 10.0 Å². The lowest BCUT2D eigenvalue weighted by Crippen LogP contribution is -2.40. The number of carboxylic acids is 1. The highest BCUT2D eigenvalue weighted by atomic mass is 35.5. The minimum Gasteiger partial charge on any atom is -0.480 e. The van der Waals surface area contributed by atoms with Crippen LogP contribution in [0.2, 0.25) is 10.0 Å². The van der Waals surface area contributed by atoms with Crippen molar-refractivity contribution >= 4 is 35.1 Å². The number of benzene rings is 1. The summed E-state index contributed by atoms with van der Waals surface area (Å²) in [4.78, 5) is 25.0. The molecular formula is C15H13Cl2N3O3. The zero-order valence-electron chi connectivity index (χ0n) is 11.9. The van der Waals surface area contributed by atoms with Crippen molar-refractivity contribution in [2.75, 3.05) is 6.54 Å². The molecule has 0 radical (unpaired) electrons. The van der Waals surface area contributed by atoms with Gasteiger partial charge in [0.05, 0.1) is 15.7 Å². The third-order valence-corrected chi connectivity index (χ3v) is 4.51. The van der Waals surface area contributed by atoms with Gasteiger partial charge in [0, 0.05) is 12.7 Å². The topological polar surface area (TPSA) is 75.4 Å². The molecule has 1 amide bonds. The number of carbonyl (C=O) groups is 2. The molecule has 0 unspecified atom stereocenters. The summed E-state index contributed by atoms with van der Waals surface area (Å²) in [5.74, 6) is -1.37. The highest BCUT2D eigenvalue weighted by Crippen LogP contribution is 2.25. The lowest BCUT2D eigenvalue weighted by molar-refractivity contribution is -0.141. The number of rotatable bonds is 3. The van der Waals surface area contributed by atoms with Crippen molar-refractivity contribution < 1.29 is 14.7 Å². The van der Waals surface area contributed by atoms with Crippen LogP contribution in [-0.2, 0) is 4.79 Å². The molecule has 0 bridgehead atoms. The number of hydrogen-bond acceptors (Lipinski definition) is 3. The van der Waals surface area contributed by atoms with Crippen molar-refractivity contribution in [2.45, 2.75) is 18.9 Å². The van der Waals surface area contributed by atoms with Gasteiger partial charge >= 0.3 is 5.97 Å². The quantitative estimate of drug-likeness (QED) is 0.920. The standard InChI is InChI=1S/C15H13Cl2N3O3/c16-10-4-3-9(8-11(10)17)20-7-5-12(18-20)14(21)19-6-1-2-13(19)15(22)23/h3-5,7-8,13H,1-2,6H2,(H,22,23)/t13-/m0/s1. The Hall–Kier alpha value is -2.05. The lowest BCUT2D eigenvalue weighted by Gasteiger charge is -2.20. The Labute approximate surface area is 142 Å². The van der Waals surface area contributed by atoms with E-state index < -0.39 is 12.0 Å². The van der Waals surface area contributed by atoms with E-state index in [1.165, 1.54) is 9.58 Å². The number of aliphatic carboxylic acids is 1. The third kappa shape index (κ3) is 3.04. The number of aromatic nitrogens is 2. The van der Waals surface area contributed by atoms with Gasteiger partial charge in [-0.05, 0) is 37.1 Å². The minimum absolute atomic E-state index is 0.198. The third-order valence-electron chi connectivity index (χ3n) is 3.77. The number of likely N-dealkylation sites (tertiary alicyclic amines) is 1. The number of nitrogens with zero attached hydrogens (tertiary/aromatic N) is 3. The normalized spacial score (nSPS) is 17.5. The van der Waals surface area contributed by atoms with Gasteiger partial charge in [0.1, 0.15) is 6.04 Å². The Morgan fingerprint density at radius 3 is 2.70 bits per heavy atom. The molecule has 0 spiro atoms. The molecule has 6 nitrogen and oxygen atoms in total. The van der Waals surface area contributed by atoms with Gasteiger partial charge in [-0.1, -0.05) is 23.2 Å². The van der Waals surface area contributed by atoms with E-state index in [4.69, 9.17) is 23.2 Å². The first-order valence-corrected chi connectivity index (χ1v) is 7.78. The van der Waals surface area contributed by atoms with E-state index in [0.717, 1.165) is 0 Å². The largest absolute Gasteiger partial charge is 0.480 e. The summed E-state index contributed by atoms with van der Waals surface area (Å²) in [7, 11) is 0. The molecule has 1 aromatic heterocycles. The van der Waals surface area contributed by atoms with E-state index >= 15 is 0 Å². The molecule has 1 N–H and O–H groups in total. The second-order valence-corrected chi connectivity index (χ2v) is 6.05. The molecule has 1 aliphatic heterocycles. The van der Waals surface area contributed by atoms with Crippen molar-refractivity contribution in [3.63, 3.8) is 0 Å². The molecule has 1 atom stereocenters. The predicted molar refractivity (Wildman–Crippen MR) is 85.3 cm³/mol. The summed E-state index contributed by atoms with van der Waals surface area (Å²) in [6.45, 7) is 0.426. The van der Waals surface area contributed by atoms with Gasteiger partial charge in [-0.3, -0.25) is 4.79 Å². The van der Waals surface area contributed by atoms with Crippen molar-refractivity contribution in [1.82, 2.24) is 14.7 Å². The van der Waals surface area contributed by atoms with E-state index in [1.54, 1.807) is 30.5 Å². The smallest absolute Gasteiger partial charge is 0.326 e. The molecule has 3 rings (SSSR count). The molecule has 0 aliphatic carbocycles. The summed E-state index contributed by atoms with van der Waals surface area (Å²) < 4.78 is 1.50. The number of carbonyl (C=O) groups excluding carboxylic acids is 1. The second-order valence-electron chi connectivity index (χ2n) is 5.24. The van der Waals surface area contributed by atoms with Crippen molar-refractivity contribution in [3.05, 3.63) is 46.2 Å². The van der Waals surface area contributed by atoms with Crippen LogP contribution in [0, 0.1) is 0 Å². The maximum atomic E-state index is 12.5. The summed E-state index contributed by atoms with van der Waals surface area (Å²) in [6.07, 6.45) is 2.77. The van der Waals surface area contributed by atoms with E-state index in [-0.39, 0.29) is 11.6 Å². The van der Waals surface area contributed by atoms with Gasteiger partial charge in [0.15, 0.2) is 5.69 Å². The number of halogens is 2. The maximum Gasteiger partial charge on any atom is 0.326 e. The molecule has 1 saturated heterocycles.